The smallest absolute Gasteiger partial charge is 0.296 e. The van der Waals surface area contributed by atoms with E-state index in [9.17, 15) is 14.7 Å². The Bertz CT molecular complexity index is 1150. The number of Topliss-reactive ketones (excluding diaryl/α,β-unsaturated/α-hetero) is 1. The number of hydrogen-bond donors (Lipinski definition) is 2. The number of H-pyrrole nitrogens is 1. The molecule has 3 heterocycles. The molecule has 1 unspecified atom stereocenters. The minimum absolute atomic E-state index is 0.0506. The summed E-state index contributed by atoms with van der Waals surface area (Å²) in [4.78, 5) is 34.9. The van der Waals surface area contributed by atoms with E-state index in [-0.39, 0.29) is 29.6 Å². The van der Waals surface area contributed by atoms with E-state index < -0.39 is 17.7 Å². The van der Waals surface area contributed by atoms with Gasteiger partial charge in [-0.25, -0.2) is 4.98 Å². The molecule has 2 N–H and O–H groups in total. The van der Waals surface area contributed by atoms with Crippen molar-refractivity contribution in [3.05, 3.63) is 58.7 Å². The maximum Gasteiger partial charge on any atom is 0.296 e. The Hall–Kier alpha value is -3.35. The van der Waals surface area contributed by atoms with Crippen molar-refractivity contribution in [3.8, 4) is 0 Å². The summed E-state index contributed by atoms with van der Waals surface area (Å²) in [7, 11) is 0. The minimum Gasteiger partial charge on any atom is -0.503 e. The first-order valence-electron chi connectivity index (χ1n) is 9.59. The van der Waals surface area contributed by atoms with Crippen LogP contribution in [0, 0.1) is 19.8 Å². The van der Waals surface area contributed by atoms with E-state index in [0.717, 1.165) is 11.1 Å². The maximum atomic E-state index is 13.0. The number of amides is 1. The topological polar surface area (TPSA) is 99.4 Å². The predicted octanol–water partition coefficient (Wildman–Crippen LogP) is 4.29. The number of carbonyl (C=O) groups excluding carboxylic acids is 2. The number of benzene rings is 1. The summed E-state index contributed by atoms with van der Waals surface area (Å²) in [5.74, 6) is -0.107. The van der Waals surface area contributed by atoms with Crippen molar-refractivity contribution in [2.24, 2.45) is 5.92 Å². The largest absolute Gasteiger partial charge is 0.503 e. The molecule has 3 aromatic rings. The first kappa shape index (κ1) is 19.0. The second-order valence-corrected chi connectivity index (χ2v) is 7.89. The summed E-state index contributed by atoms with van der Waals surface area (Å²) in [6.07, 6.45) is 0.218. The van der Waals surface area contributed by atoms with Gasteiger partial charge in [0.2, 0.25) is 5.95 Å². The van der Waals surface area contributed by atoms with Gasteiger partial charge in [0, 0.05) is 6.42 Å². The zero-order valence-corrected chi connectivity index (χ0v) is 16.8. The van der Waals surface area contributed by atoms with Crippen molar-refractivity contribution >= 4 is 28.7 Å². The lowest BCUT2D eigenvalue weighted by Crippen LogP contribution is -2.31. The highest BCUT2D eigenvalue weighted by molar-refractivity contribution is 6.16. The summed E-state index contributed by atoms with van der Waals surface area (Å²) in [5, 5.41) is 10.6. The van der Waals surface area contributed by atoms with Gasteiger partial charge in [0.05, 0.1) is 16.6 Å². The number of aliphatic hydroxyl groups excluding tert-OH is 1. The Morgan fingerprint density at radius 2 is 2.03 bits per heavy atom. The Morgan fingerprint density at radius 1 is 1.28 bits per heavy atom. The average molecular weight is 393 g/mol. The molecule has 0 aliphatic carbocycles. The molecular formula is C22H23N3O4. The third-order valence-corrected chi connectivity index (χ3v) is 4.99. The first-order chi connectivity index (χ1) is 13.8. The van der Waals surface area contributed by atoms with Crippen molar-refractivity contribution < 1.29 is 19.1 Å². The zero-order chi connectivity index (χ0) is 20.9. The fourth-order valence-electron chi connectivity index (χ4n) is 3.68. The lowest BCUT2D eigenvalue weighted by atomic mass is 9.95. The van der Waals surface area contributed by atoms with Crippen molar-refractivity contribution in [1.82, 2.24) is 9.97 Å². The zero-order valence-electron chi connectivity index (χ0n) is 16.8. The van der Waals surface area contributed by atoms with Crippen LogP contribution in [0.2, 0.25) is 0 Å². The summed E-state index contributed by atoms with van der Waals surface area (Å²) in [5.41, 5.74) is 2.56. The van der Waals surface area contributed by atoms with Gasteiger partial charge in [-0.3, -0.25) is 14.5 Å². The number of rotatable bonds is 5. The molecule has 150 valence electrons. The van der Waals surface area contributed by atoms with E-state index >= 15 is 0 Å². The molecule has 2 aromatic heterocycles. The highest BCUT2D eigenvalue weighted by atomic mass is 16.3. The van der Waals surface area contributed by atoms with Gasteiger partial charge in [-0.05, 0) is 49.6 Å². The highest BCUT2D eigenvalue weighted by Crippen LogP contribution is 2.41. The maximum absolute atomic E-state index is 13.0. The number of imidazole rings is 1. The van der Waals surface area contributed by atoms with Crippen LogP contribution >= 0.6 is 0 Å². The number of ketones is 1. The summed E-state index contributed by atoms with van der Waals surface area (Å²) < 4.78 is 5.76. The van der Waals surface area contributed by atoms with Crippen molar-refractivity contribution in [2.45, 2.75) is 40.2 Å². The molecule has 0 bridgehead atoms. The van der Waals surface area contributed by atoms with Gasteiger partial charge in [-0.15, -0.1) is 0 Å². The Labute approximate surface area is 168 Å². The van der Waals surface area contributed by atoms with Crippen LogP contribution in [-0.4, -0.2) is 26.8 Å². The molecular weight excluding hydrogens is 370 g/mol. The van der Waals surface area contributed by atoms with Crippen molar-refractivity contribution in [3.63, 3.8) is 0 Å². The van der Waals surface area contributed by atoms with Crippen LogP contribution in [0.15, 0.2) is 46.1 Å². The number of nitrogens with one attached hydrogen (secondary N) is 1. The molecule has 4 rings (SSSR count). The molecule has 1 amide bonds. The molecule has 0 radical (unpaired) electrons. The SMILES string of the molecule is Cc1ccc2nc(N3C(=O)C(O)=C(C(=O)CC(C)C)C3c3ccc(C)o3)[nH]c2c1. The number of aromatic amines is 1. The van der Waals surface area contributed by atoms with Crippen LogP contribution in [0.4, 0.5) is 5.95 Å². The monoisotopic (exact) mass is 393 g/mol. The molecule has 7 heteroatoms. The van der Waals surface area contributed by atoms with Crippen LogP contribution in [0.5, 0.6) is 0 Å². The van der Waals surface area contributed by atoms with Gasteiger partial charge in [-0.1, -0.05) is 19.9 Å². The van der Waals surface area contributed by atoms with E-state index in [0.29, 0.717) is 17.0 Å². The Balaban J connectivity index is 1.85. The molecule has 7 nitrogen and oxygen atoms in total. The summed E-state index contributed by atoms with van der Waals surface area (Å²) in [6, 6.07) is 8.32. The molecule has 29 heavy (non-hydrogen) atoms. The van der Waals surface area contributed by atoms with E-state index in [1.807, 2.05) is 39.0 Å². The van der Waals surface area contributed by atoms with E-state index in [1.54, 1.807) is 19.1 Å². The predicted molar refractivity (Wildman–Crippen MR) is 109 cm³/mol. The minimum atomic E-state index is -0.871. The summed E-state index contributed by atoms with van der Waals surface area (Å²) in [6.45, 7) is 7.58. The van der Waals surface area contributed by atoms with Gasteiger partial charge in [0.25, 0.3) is 5.91 Å². The van der Waals surface area contributed by atoms with Gasteiger partial charge < -0.3 is 14.5 Å². The Kier molecular flexibility index (Phi) is 4.53. The van der Waals surface area contributed by atoms with Gasteiger partial charge in [-0.2, -0.15) is 0 Å². The fourth-order valence-corrected chi connectivity index (χ4v) is 3.68. The normalized spacial score (nSPS) is 17.2. The molecule has 0 saturated heterocycles. The van der Waals surface area contributed by atoms with Crippen molar-refractivity contribution in [1.29, 1.82) is 0 Å². The van der Waals surface area contributed by atoms with Gasteiger partial charge in [0.1, 0.15) is 17.6 Å². The van der Waals surface area contributed by atoms with E-state index in [1.165, 1.54) is 4.90 Å². The number of aryl methyl sites for hydroxylation is 2. The third kappa shape index (κ3) is 3.22. The standard InChI is InChI=1S/C22H23N3O4/c1-11(2)9-16(26)18-19(17-8-6-13(4)29-17)25(21(28)20(18)27)22-23-14-7-5-12(3)10-15(14)24-22/h5-8,10-11,19,27H,9H2,1-4H3,(H,23,24). The molecule has 1 aliphatic heterocycles. The number of anilines is 1. The second kappa shape index (κ2) is 6.92. The highest BCUT2D eigenvalue weighted by Gasteiger charge is 2.47. The first-order valence-corrected chi connectivity index (χ1v) is 9.59. The number of furan rings is 1. The van der Waals surface area contributed by atoms with E-state index in [4.69, 9.17) is 4.42 Å². The average Bonchev–Trinajstić information content (AvgIpc) is 3.31. The molecule has 0 fully saturated rings. The molecule has 1 aromatic carbocycles. The number of carbonyl (C=O) groups is 2. The molecule has 1 atom stereocenters. The van der Waals surface area contributed by atoms with Gasteiger partial charge in [0.15, 0.2) is 11.5 Å². The number of aliphatic hydroxyl groups is 1. The number of fused-ring (bicyclic) bond motifs is 1. The fraction of sp³-hybridized carbons (Fsp3) is 0.318. The molecule has 0 saturated carbocycles. The van der Waals surface area contributed by atoms with Crippen molar-refractivity contribution in [2.75, 3.05) is 4.90 Å². The van der Waals surface area contributed by atoms with Crippen LogP contribution in [0.3, 0.4) is 0 Å². The molecule has 1 aliphatic rings. The quantitative estimate of drug-likeness (QED) is 0.674. The third-order valence-electron chi connectivity index (χ3n) is 4.99. The molecule has 0 spiro atoms. The lowest BCUT2D eigenvalue weighted by molar-refractivity contribution is -0.118. The summed E-state index contributed by atoms with van der Waals surface area (Å²) >= 11 is 0. The van der Waals surface area contributed by atoms with Crippen LogP contribution < -0.4 is 4.90 Å². The number of nitrogens with zero attached hydrogens (tertiary/aromatic N) is 2. The van der Waals surface area contributed by atoms with E-state index in [2.05, 4.69) is 9.97 Å². The van der Waals surface area contributed by atoms with Gasteiger partial charge >= 0.3 is 0 Å². The number of hydrogen-bond acceptors (Lipinski definition) is 5. The second-order valence-electron chi connectivity index (χ2n) is 7.89. The van der Waals surface area contributed by atoms with Crippen LogP contribution in [0.25, 0.3) is 11.0 Å². The van der Waals surface area contributed by atoms with Crippen LogP contribution in [0.1, 0.15) is 43.4 Å². The number of aromatic nitrogens is 2. The lowest BCUT2D eigenvalue weighted by Gasteiger charge is -2.22. The Morgan fingerprint density at radius 3 is 2.69 bits per heavy atom. The van der Waals surface area contributed by atoms with Crippen LogP contribution in [-0.2, 0) is 9.59 Å².